The van der Waals surface area contributed by atoms with Crippen molar-refractivity contribution in [2.75, 3.05) is 6.61 Å². The fraction of sp³-hybridized carbons (Fsp3) is 1.00. The summed E-state index contributed by atoms with van der Waals surface area (Å²) in [4.78, 5) is 0. The Kier molecular flexibility index (Phi) is 4.58. The second kappa shape index (κ2) is 6.99. The van der Waals surface area contributed by atoms with E-state index in [-0.39, 0.29) is 5.60 Å². The van der Waals surface area contributed by atoms with Gasteiger partial charge in [-0.1, -0.05) is 0 Å². The van der Waals surface area contributed by atoms with Crippen LogP contribution in [0.2, 0.25) is 0 Å². The van der Waals surface area contributed by atoms with Crippen LogP contribution in [0.5, 0.6) is 0 Å². The van der Waals surface area contributed by atoms with Crippen molar-refractivity contribution in [1.29, 1.82) is 0 Å². The number of fused-ring (bicyclic) bond motifs is 2. The molecule has 7 atom stereocenters. The Morgan fingerprint density at radius 2 is 1.11 bits per heavy atom. The highest BCUT2D eigenvalue weighted by molar-refractivity contribution is 4.96. The molecule has 3 heterocycles. The van der Waals surface area contributed by atoms with Crippen molar-refractivity contribution in [3.63, 3.8) is 0 Å². The molecule has 3 saturated heterocycles. The van der Waals surface area contributed by atoms with Crippen LogP contribution in [0.25, 0.3) is 0 Å². The van der Waals surface area contributed by atoms with E-state index in [0.717, 1.165) is 30.3 Å². The quantitative estimate of drug-likeness (QED) is 0.630. The van der Waals surface area contributed by atoms with Crippen molar-refractivity contribution in [3.8, 4) is 0 Å². The minimum atomic E-state index is 0.265. The zero-order chi connectivity index (χ0) is 17.8. The Labute approximate surface area is 164 Å². The van der Waals surface area contributed by atoms with Gasteiger partial charge in [-0.2, -0.15) is 0 Å². The maximum Gasteiger partial charge on any atom is 0.0844 e. The minimum Gasteiger partial charge on any atom is -0.375 e. The van der Waals surface area contributed by atoms with Crippen LogP contribution in [-0.4, -0.2) is 36.6 Å². The normalized spacial score (nSPS) is 54.2. The second-order valence-electron chi connectivity index (χ2n) is 11.1. The highest BCUT2D eigenvalue weighted by Crippen LogP contribution is 2.48. The monoisotopic (exact) mass is 374 g/mol. The Morgan fingerprint density at radius 1 is 0.556 bits per heavy atom. The van der Waals surface area contributed by atoms with Crippen LogP contribution in [0.3, 0.4) is 0 Å². The van der Waals surface area contributed by atoms with Gasteiger partial charge in [0.1, 0.15) is 0 Å². The Bertz CT molecular complexity index is 480. The van der Waals surface area contributed by atoms with Crippen LogP contribution in [0.4, 0.5) is 0 Å². The third-order valence-corrected chi connectivity index (χ3v) is 9.21. The first-order valence-corrected chi connectivity index (χ1v) is 12.2. The predicted molar refractivity (Wildman–Crippen MR) is 105 cm³/mol. The van der Waals surface area contributed by atoms with Crippen molar-refractivity contribution in [1.82, 2.24) is 0 Å². The molecule has 3 saturated carbocycles. The third kappa shape index (κ3) is 3.85. The van der Waals surface area contributed by atoms with E-state index in [2.05, 4.69) is 0 Å². The highest BCUT2D eigenvalue weighted by Gasteiger charge is 2.46. The van der Waals surface area contributed by atoms with Gasteiger partial charge in [0.25, 0.3) is 0 Å². The van der Waals surface area contributed by atoms with Crippen molar-refractivity contribution < 1.29 is 14.2 Å². The zero-order valence-electron chi connectivity index (χ0n) is 17.0. The first-order valence-electron chi connectivity index (χ1n) is 12.2. The van der Waals surface area contributed by atoms with Gasteiger partial charge in [0, 0.05) is 0 Å². The Balaban J connectivity index is 0.936. The molecule has 3 aliphatic heterocycles. The molecular weight excluding hydrogens is 336 g/mol. The average molecular weight is 375 g/mol. The summed E-state index contributed by atoms with van der Waals surface area (Å²) < 4.78 is 18.1. The molecule has 6 rings (SSSR count). The smallest absolute Gasteiger partial charge is 0.0844 e. The van der Waals surface area contributed by atoms with Crippen molar-refractivity contribution in [3.05, 3.63) is 0 Å². The van der Waals surface area contributed by atoms with Gasteiger partial charge in [0.15, 0.2) is 0 Å². The van der Waals surface area contributed by atoms with E-state index in [1.165, 1.54) is 89.9 Å². The molecule has 0 aromatic heterocycles. The summed E-state index contributed by atoms with van der Waals surface area (Å²) in [7, 11) is 0. The molecule has 6 fully saturated rings. The fourth-order valence-corrected chi connectivity index (χ4v) is 7.28. The zero-order valence-corrected chi connectivity index (χ0v) is 17.0. The van der Waals surface area contributed by atoms with Crippen molar-refractivity contribution >= 4 is 0 Å². The molecule has 0 amide bonds. The van der Waals surface area contributed by atoms with Crippen molar-refractivity contribution in [2.45, 2.75) is 120 Å². The molecule has 3 heteroatoms. The predicted octanol–water partition coefficient (Wildman–Crippen LogP) is 5.26. The molecule has 1 spiro atoms. The van der Waals surface area contributed by atoms with E-state index in [1.807, 2.05) is 0 Å². The number of epoxide rings is 2. The van der Waals surface area contributed by atoms with Crippen LogP contribution >= 0.6 is 0 Å². The van der Waals surface area contributed by atoms with E-state index in [9.17, 15) is 0 Å². The SMILES string of the molecule is C1CC2(CCC1CC1CCC3OC3C1)CCC(CC1CCC3OC3C1)CO2. The largest absolute Gasteiger partial charge is 0.375 e. The second-order valence-corrected chi connectivity index (χ2v) is 11.1. The summed E-state index contributed by atoms with van der Waals surface area (Å²) in [5.74, 6) is 3.65. The number of hydrogen-bond acceptors (Lipinski definition) is 3. The molecular formula is C24H38O3. The molecule has 152 valence electrons. The van der Waals surface area contributed by atoms with Gasteiger partial charge in [0.05, 0.1) is 36.6 Å². The van der Waals surface area contributed by atoms with Crippen LogP contribution in [0.1, 0.15) is 89.9 Å². The molecule has 27 heavy (non-hydrogen) atoms. The number of ether oxygens (including phenoxy) is 3. The molecule has 3 aliphatic carbocycles. The summed E-state index contributed by atoms with van der Waals surface area (Å²) in [5, 5.41) is 0. The lowest BCUT2D eigenvalue weighted by Gasteiger charge is -2.45. The summed E-state index contributed by atoms with van der Waals surface area (Å²) in [6.07, 6.45) is 21.9. The van der Waals surface area contributed by atoms with Gasteiger partial charge < -0.3 is 14.2 Å². The average Bonchev–Trinajstić information content (AvgIpc) is 3.60. The van der Waals surface area contributed by atoms with E-state index in [1.54, 1.807) is 0 Å². The lowest BCUT2D eigenvalue weighted by atomic mass is 9.70. The topological polar surface area (TPSA) is 34.3 Å². The Hall–Kier alpha value is -0.120. The molecule has 7 unspecified atom stereocenters. The summed E-state index contributed by atoms with van der Waals surface area (Å²) in [6, 6.07) is 0. The minimum absolute atomic E-state index is 0.265. The van der Waals surface area contributed by atoms with Crippen LogP contribution in [-0.2, 0) is 14.2 Å². The number of hydrogen-bond donors (Lipinski definition) is 0. The standard InChI is InChI=1S/C24H38O3/c1-3-20-22(26-20)13-17(1)11-16-5-8-24(9-6-16)10-7-19(15-25-24)12-18-2-4-21-23(14-18)27-21/h16-23H,1-15H2. The molecule has 3 nitrogen and oxygen atoms in total. The first-order chi connectivity index (χ1) is 13.2. The van der Waals surface area contributed by atoms with Gasteiger partial charge in [0.2, 0.25) is 0 Å². The molecule has 0 bridgehead atoms. The maximum absolute atomic E-state index is 6.61. The maximum atomic E-state index is 6.61. The van der Waals surface area contributed by atoms with Crippen LogP contribution in [0.15, 0.2) is 0 Å². The van der Waals surface area contributed by atoms with Crippen molar-refractivity contribution in [2.24, 2.45) is 23.7 Å². The lowest BCUT2D eigenvalue weighted by molar-refractivity contribution is -0.129. The molecule has 0 N–H and O–H groups in total. The molecule has 0 aromatic rings. The number of rotatable bonds is 4. The summed E-state index contributed by atoms with van der Waals surface area (Å²) in [5.41, 5.74) is 0.265. The molecule has 6 aliphatic rings. The molecule has 0 radical (unpaired) electrons. The third-order valence-electron chi connectivity index (χ3n) is 9.21. The summed E-state index contributed by atoms with van der Waals surface area (Å²) in [6.45, 7) is 1.04. The first kappa shape index (κ1) is 17.7. The molecule has 0 aromatic carbocycles. The summed E-state index contributed by atoms with van der Waals surface area (Å²) >= 11 is 0. The van der Waals surface area contributed by atoms with Gasteiger partial charge >= 0.3 is 0 Å². The van der Waals surface area contributed by atoms with Crippen LogP contribution < -0.4 is 0 Å². The fourth-order valence-electron chi connectivity index (χ4n) is 7.28. The van der Waals surface area contributed by atoms with E-state index in [4.69, 9.17) is 14.2 Å². The van der Waals surface area contributed by atoms with Crippen LogP contribution in [0, 0.1) is 23.7 Å². The van der Waals surface area contributed by atoms with E-state index < -0.39 is 0 Å². The van der Waals surface area contributed by atoms with Gasteiger partial charge in [-0.25, -0.2) is 0 Å². The van der Waals surface area contributed by atoms with E-state index >= 15 is 0 Å². The van der Waals surface area contributed by atoms with Gasteiger partial charge in [-0.15, -0.1) is 0 Å². The van der Waals surface area contributed by atoms with E-state index in [0.29, 0.717) is 24.4 Å². The highest BCUT2D eigenvalue weighted by atomic mass is 16.6. The van der Waals surface area contributed by atoms with Gasteiger partial charge in [-0.3, -0.25) is 0 Å². The Morgan fingerprint density at radius 3 is 1.67 bits per heavy atom. The van der Waals surface area contributed by atoms with Gasteiger partial charge in [-0.05, 0) is 114 Å². The lowest BCUT2D eigenvalue weighted by Crippen LogP contribution is -2.43.